The van der Waals surface area contributed by atoms with Gasteiger partial charge in [0.1, 0.15) is 56.4 Å². The molecule has 7 aromatic carbocycles. The van der Waals surface area contributed by atoms with E-state index in [0.29, 0.717) is 0 Å². The van der Waals surface area contributed by atoms with E-state index in [1.165, 1.54) is 129 Å². The van der Waals surface area contributed by atoms with Crippen LogP contribution in [0.2, 0.25) is 0 Å². The zero-order chi connectivity index (χ0) is 64.9. The van der Waals surface area contributed by atoms with Gasteiger partial charge in [-0.2, -0.15) is 4.57 Å². The van der Waals surface area contributed by atoms with Gasteiger partial charge in [0, 0.05) is 69.3 Å². The number of rotatable bonds is 11. The van der Waals surface area contributed by atoms with Gasteiger partial charge in [0.05, 0.1) is 5.56 Å². The number of aryl methyl sites for hydroxylation is 8. The van der Waals surface area contributed by atoms with Crippen LogP contribution >= 0.6 is 0 Å². The summed E-state index contributed by atoms with van der Waals surface area (Å²) in [7, 11) is 16.8. The first-order valence-corrected chi connectivity index (χ1v) is 31.0. The minimum atomic E-state index is 1.04. The van der Waals surface area contributed by atoms with E-state index in [0.717, 1.165) is 17.7 Å². The number of allylic oxidation sites excluding steroid dienone is 5. The third-order valence-corrected chi connectivity index (χ3v) is 16.3. The molecule has 1 aliphatic rings. The van der Waals surface area contributed by atoms with E-state index in [2.05, 4.69) is 373 Å². The summed E-state index contributed by atoms with van der Waals surface area (Å²) in [5.74, 6) is 0. The third-order valence-electron chi connectivity index (χ3n) is 16.3. The molecule has 0 aliphatic heterocycles. The van der Waals surface area contributed by atoms with Crippen molar-refractivity contribution in [1.29, 1.82) is 0 Å². The molecular weight excluding hydrogens is 1080 g/mol. The summed E-state index contributed by atoms with van der Waals surface area (Å²) in [5.41, 5.74) is 32.5. The van der Waals surface area contributed by atoms with E-state index >= 15 is 0 Å². The zero-order valence-corrected chi connectivity index (χ0v) is 56.8. The smallest absolute Gasteiger partial charge is 0.214 e. The van der Waals surface area contributed by atoms with Crippen molar-refractivity contribution in [2.75, 3.05) is 42.3 Å². The fourth-order valence-electron chi connectivity index (χ4n) is 11.6. The molecule has 0 spiro atoms. The first-order chi connectivity index (χ1) is 42.7. The lowest BCUT2D eigenvalue weighted by Crippen LogP contribution is -2.35. The van der Waals surface area contributed by atoms with Gasteiger partial charge in [0.2, 0.25) is 34.2 Å². The molecule has 0 amide bonds. The summed E-state index contributed by atoms with van der Waals surface area (Å²) in [6.07, 6.45) is 19.8. The third kappa shape index (κ3) is 17.2. The Hall–Kier alpha value is -9.45. The SMILES string of the molecule is C/C=C\C(c1c(C)ccc2c1Cc1ccccc1-2)=[N+](C)C.C/C=C\C(c1ccccc1C)=[N+](C)C.C/C=C\c1cc(-c2ccccc2C)[n+](C)cc1C.C=Cc1ccc(-c2ccccc2C)[n+](C)c1C=C.Cc1ccccc1C(c1ccccc1C)=[N+](C)C. The fourth-order valence-corrected chi connectivity index (χ4v) is 11.6. The van der Waals surface area contributed by atoms with Gasteiger partial charge in [-0.3, -0.25) is 0 Å². The van der Waals surface area contributed by atoms with Gasteiger partial charge in [0.25, 0.3) is 0 Å². The molecule has 5 nitrogen and oxygen atoms in total. The molecule has 0 radical (unpaired) electrons. The molecular formula is C84H98N5+5. The largest absolute Gasteiger partial charge is 0.235 e. The van der Waals surface area contributed by atoms with Crippen molar-refractivity contribution in [3.8, 4) is 33.6 Å². The summed E-state index contributed by atoms with van der Waals surface area (Å²) < 4.78 is 10.9. The highest BCUT2D eigenvalue weighted by Crippen LogP contribution is 2.39. The molecule has 0 saturated carbocycles. The maximum absolute atomic E-state index is 3.89. The summed E-state index contributed by atoms with van der Waals surface area (Å²) in [6.45, 7) is 29.0. The van der Waals surface area contributed by atoms with E-state index in [4.69, 9.17) is 0 Å². The van der Waals surface area contributed by atoms with Crippen LogP contribution in [-0.4, -0.2) is 73.1 Å². The Labute approximate surface area is 535 Å². The molecule has 5 heteroatoms. The number of fused-ring (bicyclic) bond motifs is 3. The molecule has 9 aromatic rings. The second-order valence-corrected chi connectivity index (χ2v) is 23.4. The molecule has 454 valence electrons. The topological polar surface area (TPSA) is 16.8 Å². The number of hydrogen-bond donors (Lipinski definition) is 0. The van der Waals surface area contributed by atoms with E-state index in [1.807, 2.05) is 19.1 Å². The average Bonchev–Trinajstić information content (AvgIpc) is 1.73. The van der Waals surface area contributed by atoms with Crippen molar-refractivity contribution >= 4 is 35.4 Å². The Balaban J connectivity index is 0.000000178. The summed E-state index contributed by atoms with van der Waals surface area (Å²) in [4.78, 5) is 0. The minimum Gasteiger partial charge on any atom is -0.235 e. The van der Waals surface area contributed by atoms with E-state index < -0.39 is 0 Å². The van der Waals surface area contributed by atoms with E-state index in [-0.39, 0.29) is 0 Å². The predicted molar refractivity (Wildman–Crippen MR) is 386 cm³/mol. The molecule has 10 rings (SSSR count). The molecule has 0 bridgehead atoms. The predicted octanol–water partition coefficient (Wildman–Crippen LogP) is 17.8. The monoisotopic (exact) mass is 1180 g/mol. The molecule has 0 fully saturated rings. The minimum absolute atomic E-state index is 1.04. The van der Waals surface area contributed by atoms with E-state index in [1.54, 1.807) is 0 Å². The van der Waals surface area contributed by atoms with Crippen LogP contribution in [0.25, 0.3) is 51.9 Å². The van der Waals surface area contributed by atoms with Crippen LogP contribution in [-0.2, 0) is 20.5 Å². The second kappa shape index (κ2) is 33.1. The van der Waals surface area contributed by atoms with Crippen LogP contribution in [0.3, 0.4) is 0 Å². The maximum Gasteiger partial charge on any atom is 0.214 e. The first-order valence-electron chi connectivity index (χ1n) is 31.0. The Bertz CT molecular complexity index is 4110. The van der Waals surface area contributed by atoms with Crippen LogP contribution < -0.4 is 9.13 Å². The van der Waals surface area contributed by atoms with Crippen LogP contribution in [0.1, 0.15) is 110 Å². The summed E-state index contributed by atoms with van der Waals surface area (Å²) in [6, 6.07) is 62.2. The van der Waals surface area contributed by atoms with Crippen LogP contribution in [0, 0.1) is 48.5 Å². The number of pyridine rings is 2. The Kier molecular flexibility index (Phi) is 25.5. The molecule has 2 heterocycles. The van der Waals surface area contributed by atoms with Gasteiger partial charge in [-0.15, -0.1) is 0 Å². The maximum atomic E-state index is 3.89. The number of nitrogens with zero attached hydrogens (tertiary/aromatic N) is 5. The Morgan fingerprint density at radius 3 is 1.36 bits per heavy atom. The number of benzene rings is 7. The fraction of sp³-hybridized carbons (Fsp3) is 0.226. The molecule has 2 aromatic heterocycles. The van der Waals surface area contributed by atoms with Crippen molar-refractivity contribution < 1.29 is 22.9 Å². The normalized spacial score (nSPS) is 10.9. The summed E-state index contributed by atoms with van der Waals surface area (Å²) in [5, 5.41) is 0. The van der Waals surface area contributed by atoms with Crippen molar-refractivity contribution in [2.24, 2.45) is 14.1 Å². The van der Waals surface area contributed by atoms with Crippen LogP contribution in [0.5, 0.6) is 0 Å². The molecule has 0 saturated heterocycles. The summed E-state index contributed by atoms with van der Waals surface area (Å²) >= 11 is 0. The van der Waals surface area contributed by atoms with Crippen LogP contribution in [0.15, 0.2) is 226 Å². The molecule has 1 aliphatic carbocycles. The van der Waals surface area contributed by atoms with Gasteiger partial charge in [0.15, 0.2) is 6.20 Å². The highest BCUT2D eigenvalue weighted by molar-refractivity contribution is 6.11. The zero-order valence-electron chi connectivity index (χ0n) is 56.8. The first kappa shape index (κ1) is 68.7. The highest BCUT2D eigenvalue weighted by atomic mass is 15.0. The van der Waals surface area contributed by atoms with Crippen molar-refractivity contribution in [2.45, 2.75) is 75.7 Å². The van der Waals surface area contributed by atoms with Gasteiger partial charge in [-0.05, 0) is 173 Å². The number of hydrogen-bond acceptors (Lipinski definition) is 0. The molecule has 89 heavy (non-hydrogen) atoms. The van der Waals surface area contributed by atoms with Gasteiger partial charge in [-0.1, -0.05) is 171 Å². The van der Waals surface area contributed by atoms with Gasteiger partial charge in [-0.25, -0.2) is 18.3 Å². The standard InChI is InChI=1S/C20H22N.2C17H20N.C17H18N.C13H18N/c1-5-8-19(21(3)4)20-14(2)11-12-17-16-10-7-6-9-15(16)13-18(17)20;1-13-9-5-7-11-15(13)17(18(3)4)16-12-8-6-10-14(16)2;1-5-8-15-11-17(18(4)12-14(15)3)16-10-7-6-9-13(16)2;1-5-14-11-12-17(18(4)16(14)6-2)15-10-8-7-9-13(15)3;1-5-8-13(14(3)4)12-10-7-6-9-11(12)2/h5-12H,13H2,1-4H3;2*5-12H,1-4H3;5-12H,1-2H2,3-4H3;5-10H,1-4H3/q5*+1/b8-5-;;8-5-;;8-5-. The lowest BCUT2D eigenvalue weighted by molar-refractivity contribution is -0.662. The highest BCUT2D eigenvalue weighted by Gasteiger charge is 2.26. The van der Waals surface area contributed by atoms with Crippen molar-refractivity contribution in [3.63, 3.8) is 0 Å². The Morgan fingerprint density at radius 1 is 0.416 bits per heavy atom. The second-order valence-electron chi connectivity index (χ2n) is 23.4. The lowest BCUT2D eigenvalue weighted by atomic mass is 9.93. The molecule has 0 unspecified atom stereocenters. The van der Waals surface area contributed by atoms with Crippen molar-refractivity contribution in [3.05, 3.63) is 315 Å². The van der Waals surface area contributed by atoms with E-state index in [9.17, 15) is 0 Å². The quantitative estimate of drug-likeness (QED) is 0.0907. The van der Waals surface area contributed by atoms with Crippen LogP contribution in [0.4, 0.5) is 0 Å². The van der Waals surface area contributed by atoms with Gasteiger partial charge >= 0.3 is 0 Å². The molecule has 0 N–H and O–H groups in total. The molecule has 0 atom stereocenters. The van der Waals surface area contributed by atoms with Crippen molar-refractivity contribution in [1.82, 2.24) is 0 Å². The Morgan fingerprint density at radius 2 is 0.888 bits per heavy atom. The van der Waals surface area contributed by atoms with Gasteiger partial charge < -0.3 is 0 Å². The lowest BCUT2D eigenvalue weighted by Gasteiger charge is -2.11. The average molecular weight is 1180 g/mol. The number of aromatic nitrogens is 2.